The van der Waals surface area contributed by atoms with Crippen LogP contribution in [0.1, 0.15) is 36.2 Å². The lowest BCUT2D eigenvalue weighted by atomic mass is 10.1. The summed E-state index contributed by atoms with van der Waals surface area (Å²) < 4.78 is 11.1. The Labute approximate surface area is 104 Å². The minimum Gasteiger partial charge on any atom is -0.482 e. The van der Waals surface area contributed by atoms with E-state index in [4.69, 9.17) is 15.0 Å². The molecule has 1 aromatic carbocycles. The van der Waals surface area contributed by atoms with Crippen molar-refractivity contribution in [2.24, 2.45) is 5.73 Å². The van der Waals surface area contributed by atoms with E-state index in [1.807, 2.05) is 18.2 Å². The zero-order valence-electron chi connectivity index (χ0n) is 9.80. The fourth-order valence-electron chi connectivity index (χ4n) is 2.24. The summed E-state index contributed by atoms with van der Waals surface area (Å²) >= 11 is 0. The Bertz CT molecular complexity index is 579. The number of para-hydroxylation sites is 1. The van der Waals surface area contributed by atoms with Gasteiger partial charge in [-0.15, -0.1) is 0 Å². The number of aromatic nitrogens is 2. The molecule has 2 aromatic rings. The Morgan fingerprint density at radius 1 is 1.28 bits per heavy atom. The van der Waals surface area contributed by atoms with Crippen LogP contribution in [0.2, 0.25) is 0 Å². The molecule has 0 amide bonds. The molecule has 1 aliphatic heterocycles. The number of ether oxygens (including phenoxy) is 1. The van der Waals surface area contributed by atoms with E-state index < -0.39 is 0 Å². The molecular formula is C13H13N3O2. The third kappa shape index (κ3) is 1.44. The van der Waals surface area contributed by atoms with Gasteiger partial charge in [-0.25, -0.2) is 0 Å². The number of nitrogens with zero attached hydrogens (tertiary/aromatic N) is 2. The molecule has 0 radical (unpaired) electrons. The zero-order valence-corrected chi connectivity index (χ0v) is 9.80. The molecule has 2 heterocycles. The second kappa shape index (κ2) is 3.32. The van der Waals surface area contributed by atoms with Gasteiger partial charge in [0.05, 0.1) is 5.54 Å². The van der Waals surface area contributed by atoms with Crippen LogP contribution in [0.5, 0.6) is 5.75 Å². The normalized spacial score (nSPS) is 23.5. The molecule has 5 nitrogen and oxygen atoms in total. The first-order valence-electron chi connectivity index (χ1n) is 6.12. The van der Waals surface area contributed by atoms with Crippen LogP contribution in [0, 0.1) is 0 Å². The molecule has 5 heteroatoms. The smallest absolute Gasteiger partial charge is 0.246 e. The van der Waals surface area contributed by atoms with Gasteiger partial charge in [-0.3, -0.25) is 0 Å². The second-order valence-corrected chi connectivity index (χ2v) is 5.03. The monoisotopic (exact) mass is 243 g/mol. The Hall–Kier alpha value is -1.88. The molecule has 1 aliphatic carbocycles. The Morgan fingerprint density at radius 3 is 2.89 bits per heavy atom. The van der Waals surface area contributed by atoms with Crippen molar-refractivity contribution in [2.45, 2.75) is 30.9 Å². The van der Waals surface area contributed by atoms with E-state index in [0.29, 0.717) is 11.7 Å². The molecule has 0 spiro atoms. The number of fused-ring (bicyclic) bond motifs is 1. The summed E-state index contributed by atoms with van der Waals surface area (Å²) in [6.07, 6.45) is 2.47. The molecule has 1 saturated carbocycles. The fourth-order valence-corrected chi connectivity index (χ4v) is 2.24. The van der Waals surface area contributed by atoms with Crippen molar-refractivity contribution >= 4 is 0 Å². The molecule has 4 rings (SSSR count). The van der Waals surface area contributed by atoms with Crippen LogP contribution in [0.15, 0.2) is 28.8 Å². The van der Waals surface area contributed by atoms with Crippen LogP contribution in [0.3, 0.4) is 0 Å². The van der Waals surface area contributed by atoms with Gasteiger partial charge < -0.3 is 15.0 Å². The third-order valence-electron chi connectivity index (χ3n) is 3.59. The van der Waals surface area contributed by atoms with Crippen molar-refractivity contribution in [1.29, 1.82) is 0 Å². The van der Waals surface area contributed by atoms with Gasteiger partial charge in [-0.05, 0) is 24.5 Å². The van der Waals surface area contributed by atoms with Gasteiger partial charge in [-0.1, -0.05) is 23.4 Å². The number of benzene rings is 1. The molecule has 1 aromatic heterocycles. The lowest BCUT2D eigenvalue weighted by Gasteiger charge is -2.04. The Morgan fingerprint density at radius 2 is 2.11 bits per heavy atom. The quantitative estimate of drug-likeness (QED) is 0.868. The number of hydrogen-bond acceptors (Lipinski definition) is 5. The highest BCUT2D eigenvalue weighted by Gasteiger charge is 2.46. The predicted octanol–water partition coefficient (Wildman–Crippen LogP) is 1.69. The fraction of sp³-hybridized carbons (Fsp3) is 0.385. The maximum Gasteiger partial charge on any atom is 0.246 e. The topological polar surface area (TPSA) is 74.2 Å². The largest absolute Gasteiger partial charge is 0.482 e. The molecule has 2 aliphatic rings. The second-order valence-electron chi connectivity index (χ2n) is 5.03. The van der Waals surface area contributed by atoms with Gasteiger partial charge in [0.2, 0.25) is 11.7 Å². The molecule has 2 N–H and O–H groups in total. The predicted molar refractivity (Wildman–Crippen MR) is 62.9 cm³/mol. The summed E-state index contributed by atoms with van der Waals surface area (Å²) in [4.78, 5) is 4.38. The lowest BCUT2D eigenvalue weighted by Crippen LogP contribution is -2.19. The molecule has 18 heavy (non-hydrogen) atoms. The summed E-state index contributed by atoms with van der Waals surface area (Å²) in [6.45, 7) is 0. The number of nitrogens with two attached hydrogens (primary N) is 1. The average Bonchev–Trinajstić information content (AvgIpc) is 2.88. The minimum absolute atomic E-state index is 0.151. The summed E-state index contributed by atoms with van der Waals surface area (Å²) in [5.74, 6) is 2.04. The van der Waals surface area contributed by atoms with E-state index >= 15 is 0 Å². The maximum absolute atomic E-state index is 6.03. The van der Waals surface area contributed by atoms with Gasteiger partial charge in [0, 0.05) is 6.42 Å². The highest BCUT2D eigenvalue weighted by Crippen LogP contribution is 2.42. The standard InChI is InChI=1S/C13H13N3O2/c14-13(5-6-13)12-15-11(16-18-12)10-7-8-3-1-2-4-9(8)17-10/h1-4,10H,5-7,14H2. The molecular weight excluding hydrogens is 230 g/mol. The number of rotatable bonds is 2. The summed E-state index contributed by atoms with van der Waals surface area (Å²) in [6, 6.07) is 7.98. The van der Waals surface area contributed by atoms with Crippen LogP contribution < -0.4 is 10.5 Å². The van der Waals surface area contributed by atoms with E-state index in [2.05, 4.69) is 16.2 Å². The SMILES string of the molecule is NC1(c2nc(C3Cc4ccccc4O3)no2)CC1. The summed E-state index contributed by atoms with van der Waals surface area (Å²) in [7, 11) is 0. The van der Waals surface area contributed by atoms with E-state index in [9.17, 15) is 0 Å². The molecule has 1 fully saturated rings. The number of hydrogen-bond donors (Lipinski definition) is 1. The molecule has 1 atom stereocenters. The maximum atomic E-state index is 6.03. The molecule has 92 valence electrons. The first-order valence-corrected chi connectivity index (χ1v) is 6.12. The lowest BCUT2D eigenvalue weighted by molar-refractivity contribution is 0.220. The van der Waals surface area contributed by atoms with Crippen LogP contribution in [0.25, 0.3) is 0 Å². The summed E-state index contributed by atoms with van der Waals surface area (Å²) in [5, 5.41) is 4.00. The first-order chi connectivity index (χ1) is 8.74. The van der Waals surface area contributed by atoms with Crippen LogP contribution in [-0.4, -0.2) is 10.1 Å². The van der Waals surface area contributed by atoms with Crippen molar-refractivity contribution < 1.29 is 9.26 Å². The van der Waals surface area contributed by atoms with Gasteiger partial charge in [0.1, 0.15) is 5.75 Å². The van der Waals surface area contributed by atoms with E-state index in [0.717, 1.165) is 25.0 Å². The van der Waals surface area contributed by atoms with Crippen molar-refractivity contribution in [2.75, 3.05) is 0 Å². The van der Waals surface area contributed by atoms with Gasteiger partial charge in [0.25, 0.3) is 0 Å². The van der Waals surface area contributed by atoms with Crippen LogP contribution in [-0.2, 0) is 12.0 Å². The molecule has 0 saturated heterocycles. The average molecular weight is 243 g/mol. The van der Waals surface area contributed by atoms with E-state index in [1.165, 1.54) is 5.56 Å². The van der Waals surface area contributed by atoms with Gasteiger partial charge in [-0.2, -0.15) is 4.98 Å². The summed E-state index contributed by atoms with van der Waals surface area (Å²) in [5.41, 5.74) is 6.83. The third-order valence-corrected chi connectivity index (χ3v) is 3.59. The molecule has 0 bridgehead atoms. The van der Waals surface area contributed by atoms with Crippen LogP contribution in [0.4, 0.5) is 0 Å². The van der Waals surface area contributed by atoms with Gasteiger partial charge >= 0.3 is 0 Å². The minimum atomic E-state index is -0.378. The van der Waals surface area contributed by atoms with Gasteiger partial charge in [0.15, 0.2) is 6.10 Å². The van der Waals surface area contributed by atoms with E-state index in [1.54, 1.807) is 0 Å². The van der Waals surface area contributed by atoms with Crippen LogP contribution >= 0.6 is 0 Å². The van der Waals surface area contributed by atoms with Crippen molar-refractivity contribution in [3.8, 4) is 5.75 Å². The highest BCUT2D eigenvalue weighted by molar-refractivity contribution is 5.38. The van der Waals surface area contributed by atoms with Crippen molar-refractivity contribution in [3.05, 3.63) is 41.5 Å². The first kappa shape index (κ1) is 10.1. The highest BCUT2D eigenvalue weighted by atomic mass is 16.5. The molecule has 1 unspecified atom stereocenters. The van der Waals surface area contributed by atoms with Crippen molar-refractivity contribution in [3.63, 3.8) is 0 Å². The zero-order chi connectivity index (χ0) is 12.2. The van der Waals surface area contributed by atoms with Crippen molar-refractivity contribution in [1.82, 2.24) is 10.1 Å². The Balaban J connectivity index is 1.61. The Kier molecular flexibility index (Phi) is 1.86. The van der Waals surface area contributed by atoms with E-state index in [-0.39, 0.29) is 11.6 Å².